The third kappa shape index (κ3) is 3.81. The molecule has 1 heterocycles. The predicted octanol–water partition coefficient (Wildman–Crippen LogP) is 3.37. The smallest absolute Gasteiger partial charge is 0.243 e. The lowest BCUT2D eigenvalue weighted by Crippen LogP contribution is -2.46. The summed E-state index contributed by atoms with van der Waals surface area (Å²) in [7, 11) is -1.92. The average molecular weight is 417 g/mol. The fourth-order valence-corrected chi connectivity index (χ4v) is 6.02. The van der Waals surface area contributed by atoms with Crippen LogP contribution in [0.15, 0.2) is 53.4 Å². The number of carbonyl (C=O) groups is 1. The number of benzene rings is 2. The van der Waals surface area contributed by atoms with E-state index in [0.717, 1.165) is 25.0 Å². The van der Waals surface area contributed by atoms with E-state index in [4.69, 9.17) is 0 Å². The Morgan fingerprint density at radius 1 is 1.10 bits per heavy atom. The Labute approximate surface area is 171 Å². The fourth-order valence-electron chi connectivity index (χ4n) is 4.50. The van der Waals surface area contributed by atoms with Crippen molar-refractivity contribution >= 4 is 15.9 Å². The van der Waals surface area contributed by atoms with Crippen molar-refractivity contribution in [2.45, 2.75) is 36.6 Å². The van der Waals surface area contributed by atoms with Crippen LogP contribution in [-0.2, 0) is 21.2 Å². The van der Waals surface area contributed by atoms with Crippen LogP contribution in [0.3, 0.4) is 0 Å². The van der Waals surface area contributed by atoms with Crippen LogP contribution >= 0.6 is 0 Å². The Kier molecular flexibility index (Phi) is 5.44. The normalized spacial score (nSPS) is 22.3. The van der Waals surface area contributed by atoms with Gasteiger partial charge in [-0.2, -0.15) is 4.31 Å². The van der Waals surface area contributed by atoms with Crippen LogP contribution in [0, 0.1) is 11.7 Å². The highest BCUT2D eigenvalue weighted by molar-refractivity contribution is 7.89. The lowest BCUT2D eigenvalue weighted by Gasteiger charge is -2.35. The molecule has 154 valence electrons. The van der Waals surface area contributed by atoms with E-state index in [1.165, 1.54) is 27.6 Å². The standard InChI is InChI=1S/C22H25FN2O3S/c1-24(21-13-8-16-5-2-3-7-20(16)21)22(26)17-6-4-14-25(15-17)29(27,28)19-11-9-18(23)10-12-19/h2-3,5,7,9-12,17,21H,4,6,8,13-15H2,1H3/t17-,21+/m0/s1. The number of fused-ring (bicyclic) bond motifs is 1. The maximum absolute atomic E-state index is 13.2. The van der Waals surface area contributed by atoms with Gasteiger partial charge in [0.05, 0.1) is 16.9 Å². The van der Waals surface area contributed by atoms with Crippen LogP contribution in [0.5, 0.6) is 0 Å². The second-order valence-corrected chi connectivity index (χ2v) is 9.80. The molecule has 0 N–H and O–H groups in total. The molecule has 5 nitrogen and oxygen atoms in total. The molecule has 1 fully saturated rings. The van der Waals surface area contributed by atoms with Crippen molar-refractivity contribution in [3.05, 3.63) is 65.5 Å². The number of nitrogens with zero attached hydrogens (tertiary/aromatic N) is 2. The lowest BCUT2D eigenvalue weighted by molar-refractivity contribution is -0.137. The van der Waals surface area contributed by atoms with Gasteiger partial charge in [0.1, 0.15) is 5.82 Å². The molecule has 0 saturated carbocycles. The summed E-state index contributed by atoms with van der Waals surface area (Å²) in [5, 5.41) is 0. The molecule has 2 aromatic carbocycles. The Hall–Kier alpha value is -2.25. The number of carbonyl (C=O) groups excluding carboxylic acids is 1. The first-order chi connectivity index (χ1) is 13.9. The van der Waals surface area contributed by atoms with Crippen LogP contribution < -0.4 is 0 Å². The van der Waals surface area contributed by atoms with Crippen LogP contribution in [0.4, 0.5) is 4.39 Å². The van der Waals surface area contributed by atoms with Crippen molar-refractivity contribution in [1.82, 2.24) is 9.21 Å². The lowest BCUT2D eigenvalue weighted by atomic mass is 9.97. The minimum absolute atomic E-state index is 0.00860. The molecule has 2 aliphatic rings. The minimum atomic E-state index is -3.74. The topological polar surface area (TPSA) is 57.7 Å². The average Bonchev–Trinajstić information content (AvgIpc) is 3.17. The molecule has 4 rings (SSSR count). The Bertz CT molecular complexity index is 1010. The van der Waals surface area contributed by atoms with Crippen molar-refractivity contribution < 1.29 is 17.6 Å². The van der Waals surface area contributed by atoms with E-state index in [0.29, 0.717) is 19.4 Å². The molecule has 1 aliphatic heterocycles. The van der Waals surface area contributed by atoms with Crippen LogP contribution in [0.2, 0.25) is 0 Å². The second-order valence-electron chi connectivity index (χ2n) is 7.86. The first-order valence-corrected chi connectivity index (χ1v) is 11.4. The Morgan fingerprint density at radius 3 is 2.59 bits per heavy atom. The summed E-state index contributed by atoms with van der Waals surface area (Å²) < 4.78 is 40.4. The van der Waals surface area contributed by atoms with Gasteiger partial charge in [-0.3, -0.25) is 4.79 Å². The van der Waals surface area contributed by atoms with Gasteiger partial charge in [-0.25, -0.2) is 12.8 Å². The van der Waals surface area contributed by atoms with Crippen molar-refractivity contribution in [3.63, 3.8) is 0 Å². The zero-order chi connectivity index (χ0) is 20.6. The van der Waals surface area contributed by atoms with Crippen LogP contribution in [-0.4, -0.2) is 43.7 Å². The summed E-state index contributed by atoms with van der Waals surface area (Å²) in [6, 6.07) is 13.1. The zero-order valence-corrected chi connectivity index (χ0v) is 17.2. The number of rotatable bonds is 4. The monoisotopic (exact) mass is 416 g/mol. The third-order valence-electron chi connectivity index (χ3n) is 6.10. The van der Waals surface area contributed by atoms with Gasteiger partial charge >= 0.3 is 0 Å². The molecule has 0 spiro atoms. The first kappa shape index (κ1) is 20.0. The Balaban J connectivity index is 1.49. The van der Waals surface area contributed by atoms with Gasteiger partial charge < -0.3 is 4.90 Å². The molecule has 2 atom stereocenters. The number of amides is 1. The van der Waals surface area contributed by atoms with Crippen molar-refractivity contribution in [3.8, 4) is 0 Å². The largest absolute Gasteiger partial charge is 0.338 e. The van der Waals surface area contributed by atoms with E-state index in [1.807, 2.05) is 19.2 Å². The van der Waals surface area contributed by atoms with Crippen molar-refractivity contribution in [1.29, 1.82) is 0 Å². The summed E-state index contributed by atoms with van der Waals surface area (Å²) in [6.07, 6.45) is 3.15. The predicted molar refractivity (Wildman–Crippen MR) is 108 cm³/mol. The number of hydrogen-bond acceptors (Lipinski definition) is 3. The molecule has 0 unspecified atom stereocenters. The number of aryl methyl sites for hydroxylation is 1. The quantitative estimate of drug-likeness (QED) is 0.768. The maximum atomic E-state index is 13.2. The zero-order valence-electron chi connectivity index (χ0n) is 16.4. The highest BCUT2D eigenvalue weighted by Crippen LogP contribution is 2.36. The molecule has 0 aromatic heterocycles. The Morgan fingerprint density at radius 2 is 1.83 bits per heavy atom. The molecule has 2 aromatic rings. The molecule has 29 heavy (non-hydrogen) atoms. The minimum Gasteiger partial charge on any atom is -0.338 e. The number of hydrogen-bond donors (Lipinski definition) is 0. The first-order valence-electron chi connectivity index (χ1n) is 9.98. The van der Waals surface area contributed by atoms with E-state index in [2.05, 4.69) is 12.1 Å². The summed E-state index contributed by atoms with van der Waals surface area (Å²) in [5.74, 6) is -0.850. The molecule has 1 amide bonds. The summed E-state index contributed by atoms with van der Waals surface area (Å²) in [4.78, 5) is 15.1. The molecular formula is C22H25FN2O3S. The van der Waals surface area contributed by atoms with Gasteiger partial charge in [0.25, 0.3) is 0 Å². The van der Waals surface area contributed by atoms with Gasteiger partial charge in [-0.15, -0.1) is 0 Å². The fraction of sp³-hybridized carbons (Fsp3) is 0.409. The summed E-state index contributed by atoms with van der Waals surface area (Å²) in [5.41, 5.74) is 2.47. The van der Waals surface area contributed by atoms with Gasteiger partial charge in [-0.05, 0) is 61.1 Å². The summed E-state index contributed by atoms with van der Waals surface area (Å²) >= 11 is 0. The molecule has 1 aliphatic carbocycles. The van der Waals surface area contributed by atoms with Crippen molar-refractivity contribution in [2.24, 2.45) is 5.92 Å². The molecule has 7 heteroatoms. The van der Waals surface area contributed by atoms with Crippen LogP contribution in [0.25, 0.3) is 0 Å². The highest BCUT2D eigenvalue weighted by atomic mass is 32.2. The van der Waals surface area contributed by atoms with E-state index in [-0.39, 0.29) is 29.3 Å². The van der Waals surface area contributed by atoms with E-state index >= 15 is 0 Å². The van der Waals surface area contributed by atoms with Gasteiger partial charge in [-0.1, -0.05) is 24.3 Å². The SMILES string of the molecule is CN(C(=O)[C@H]1CCCN(S(=O)(=O)c2ccc(F)cc2)C1)[C@@H]1CCc2ccccc21. The van der Waals surface area contributed by atoms with E-state index in [9.17, 15) is 17.6 Å². The molecular weight excluding hydrogens is 391 g/mol. The number of halogens is 1. The highest BCUT2D eigenvalue weighted by Gasteiger charge is 2.37. The van der Waals surface area contributed by atoms with E-state index in [1.54, 1.807) is 4.90 Å². The number of piperidine rings is 1. The number of sulfonamides is 1. The molecule has 0 bridgehead atoms. The van der Waals surface area contributed by atoms with Gasteiger partial charge in [0, 0.05) is 20.1 Å². The molecule has 0 radical (unpaired) electrons. The third-order valence-corrected chi connectivity index (χ3v) is 7.98. The van der Waals surface area contributed by atoms with Gasteiger partial charge in [0.2, 0.25) is 15.9 Å². The van der Waals surface area contributed by atoms with E-state index < -0.39 is 15.8 Å². The van der Waals surface area contributed by atoms with Crippen molar-refractivity contribution in [2.75, 3.05) is 20.1 Å². The summed E-state index contributed by atoms with van der Waals surface area (Å²) in [6.45, 7) is 0.538. The maximum Gasteiger partial charge on any atom is 0.243 e. The van der Waals surface area contributed by atoms with Crippen LogP contribution in [0.1, 0.15) is 36.4 Å². The van der Waals surface area contributed by atoms with Gasteiger partial charge in [0.15, 0.2) is 0 Å². The second kappa shape index (κ2) is 7.88. The molecule has 1 saturated heterocycles.